The molecule has 0 bridgehead atoms. The van der Waals surface area contributed by atoms with Crippen LogP contribution in [0.4, 0.5) is 0 Å². The van der Waals surface area contributed by atoms with Crippen LogP contribution in [0, 0.1) is 0 Å². The predicted molar refractivity (Wildman–Crippen MR) is 91.4 cm³/mol. The summed E-state index contributed by atoms with van der Waals surface area (Å²) in [4.78, 5) is 26.5. The van der Waals surface area contributed by atoms with Gasteiger partial charge < -0.3 is 15.5 Å². The van der Waals surface area contributed by atoms with Gasteiger partial charge in [0.05, 0.1) is 12.5 Å². The molecule has 3 rings (SSSR count). The Bertz CT molecular complexity index is 532. The molecule has 0 radical (unpaired) electrons. The summed E-state index contributed by atoms with van der Waals surface area (Å²) < 4.78 is 0. The summed E-state index contributed by atoms with van der Waals surface area (Å²) in [6.45, 7) is 2.11. The number of benzene rings is 1. The van der Waals surface area contributed by atoms with Crippen LogP contribution in [0.15, 0.2) is 30.3 Å². The maximum Gasteiger partial charge on any atom is 0.224 e. The number of halogens is 1. The van der Waals surface area contributed by atoms with Crippen molar-refractivity contribution in [2.24, 2.45) is 0 Å². The van der Waals surface area contributed by atoms with Crippen molar-refractivity contribution in [1.29, 1.82) is 0 Å². The summed E-state index contributed by atoms with van der Waals surface area (Å²) in [6, 6.07) is 10.00. The lowest BCUT2D eigenvalue weighted by Gasteiger charge is -2.30. The van der Waals surface area contributed by atoms with Gasteiger partial charge in [-0.25, -0.2) is 0 Å². The minimum atomic E-state index is -0.155. The number of carbonyl (C=O) groups is 2. The summed E-state index contributed by atoms with van der Waals surface area (Å²) >= 11 is 0. The zero-order valence-electron chi connectivity index (χ0n) is 13.2. The first-order chi connectivity index (χ1) is 10.7. The Hall–Kier alpha value is -1.59. The molecule has 0 saturated carbocycles. The van der Waals surface area contributed by atoms with Crippen molar-refractivity contribution < 1.29 is 9.59 Å². The van der Waals surface area contributed by atoms with Crippen molar-refractivity contribution in [2.45, 2.75) is 37.8 Å². The summed E-state index contributed by atoms with van der Waals surface area (Å²) in [6.07, 6.45) is 3.07. The third-order valence-corrected chi connectivity index (χ3v) is 4.52. The number of hydrogen-bond donors (Lipinski definition) is 2. The Labute approximate surface area is 143 Å². The van der Waals surface area contributed by atoms with Crippen LogP contribution in [0.5, 0.6) is 0 Å². The molecule has 2 atom stereocenters. The summed E-state index contributed by atoms with van der Waals surface area (Å²) in [5.74, 6) is 0.160. The third-order valence-electron chi connectivity index (χ3n) is 4.52. The van der Waals surface area contributed by atoms with Crippen LogP contribution >= 0.6 is 12.4 Å². The lowest BCUT2D eigenvalue weighted by Crippen LogP contribution is -2.39. The molecule has 1 aromatic rings. The van der Waals surface area contributed by atoms with E-state index in [0.717, 1.165) is 24.9 Å². The number of carbonyl (C=O) groups excluding carboxylic acids is 2. The molecular formula is C17H24ClN3O2. The molecule has 6 heteroatoms. The summed E-state index contributed by atoms with van der Waals surface area (Å²) in [7, 11) is 0. The second-order valence-corrected chi connectivity index (χ2v) is 6.07. The van der Waals surface area contributed by atoms with Gasteiger partial charge in [0.2, 0.25) is 11.8 Å². The number of hydrogen-bond acceptors (Lipinski definition) is 3. The standard InChI is InChI=1S/C17H23N3O2.ClH/c21-16-12-15(13-5-2-1-3-6-13)20(10-9-19-16)17(22)11-14-7-4-8-18-14;/h1-3,5-6,14-15,18H,4,7-12H2,(H,19,21);1H. The van der Waals surface area contributed by atoms with Crippen LogP contribution in [0.1, 0.15) is 37.3 Å². The molecule has 2 N–H and O–H groups in total. The van der Waals surface area contributed by atoms with Gasteiger partial charge in [-0.15, -0.1) is 12.4 Å². The van der Waals surface area contributed by atoms with Crippen LogP contribution in [0.2, 0.25) is 0 Å². The molecule has 126 valence electrons. The fourth-order valence-corrected chi connectivity index (χ4v) is 3.36. The average Bonchev–Trinajstić information content (AvgIpc) is 2.95. The molecule has 0 aliphatic carbocycles. The molecule has 2 fully saturated rings. The minimum Gasteiger partial charge on any atom is -0.354 e. The van der Waals surface area contributed by atoms with Gasteiger partial charge in [-0.1, -0.05) is 30.3 Å². The zero-order chi connectivity index (χ0) is 15.4. The summed E-state index contributed by atoms with van der Waals surface area (Å²) in [5.41, 5.74) is 1.03. The van der Waals surface area contributed by atoms with E-state index in [1.165, 1.54) is 0 Å². The molecule has 2 amide bonds. The Morgan fingerprint density at radius 3 is 2.70 bits per heavy atom. The number of nitrogens with one attached hydrogen (secondary N) is 2. The Kier molecular flexibility index (Phi) is 6.42. The van der Waals surface area contributed by atoms with Crippen molar-refractivity contribution in [3.05, 3.63) is 35.9 Å². The number of rotatable bonds is 3. The Morgan fingerprint density at radius 1 is 1.22 bits per heavy atom. The van der Waals surface area contributed by atoms with Crippen molar-refractivity contribution in [3.8, 4) is 0 Å². The molecule has 2 aliphatic heterocycles. The smallest absolute Gasteiger partial charge is 0.224 e. The van der Waals surface area contributed by atoms with Crippen LogP contribution in [0.25, 0.3) is 0 Å². The van der Waals surface area contributed by atoms with E-state index in [2.05, 4.69) is 10.6 Å². The fraction of sp³-hybridized carbons (Fsp3) is 0.529. The second kappa shape index (κ2) is 8.31. The Balaban J connectivity index is 0.00000192. The maximum absolute atomic E-state index is 12.7. The molecule has 2 aliphatic rings. The van der Waals surface area contributed by atoms with E-state index in [0.29, 0.717) is 25.9 Å². The molecule has 0 aromatic heterocycles. The van der Waals surface area contributed by atoms with Crippen LogP contribution in [-0.4, -0.2) is 42.4 Å². The highest BCUT2D eigenvalue weighted by Gasteiger charge is 2.31. The van der Waals surface area contributed by atoms with Gasteiger partial charge in [0.25, 0.3) is 0 Å². The van der Waals surface area contributed by atoms with E-state index in [4.69, 9.17) is 0 Å². The molecule has 2 heterocycles. The van der Waals surface area contributed by atoms with E-state index < -0.39 is 0 Å². The summed E-state index contributed by atoms with van der Waals surface area (Å²) in [5, 5.41) is 6.25. The highest BCUT2D eigenvalue weighted by Crippen LogP contribution is 2.27. The molecule has 5 nitrogen and oxygen atoms in total. The molecule has 23 heavy (non-hydrogen) atoms. The van der Waals surface area contributed by atoms with Crippen LogP contribution in [0.3, 0.4) is 0 Å². The minimum absolute atomic E-state index is 0. The van der Waals surface area contributed by atoms with Crippen molar-refractivity contribution >= 4 is 24.2 Å². The zero-order valence-corrected chi connectivity index (χ0v) is 14.0. The van der Waals surface area contributed by atoms with Gasteiger partial charge in [-0.3, -0.25) is 9.59 Å². The first-order valence-corrected chi connectivity index (χ1v) is 8.08. The fourth-order valence-electron chi connectivity index (χ4n) is 3.36. The van der Waals surface area contributed by atoms with Gasteiger partial charge in [0, 0.05) is 25.6 Å². The largest absolute Gasteiger partial charge is 0.354 e. The topological polar surface area (TPSA) is 61.4 Å². The quantitative estimate of drug-likeness (QED) is 0.881. The van der Waals surface area contributed by atoms with Crippen molar-refractivity contribution in [3.63, 3.8) is 0 Å². The lowest BCUT2D eigenvalue weighted by molar-refractivity contribution is -0.134. The third kappa shape index (κ3) is 4.45. The van der Waals surface area contributed by atoms with E-state index in [-0.39, 0.29) is 36.3 Å². The normalized spacial score (nSPS) is 24.5. The highest BCUT2D eigenvalue weighted by molar-refractivity contribution is 5.85. The monoisotopic (exact) mass is 337 g/mol. The van der Waals surface area contributed by atoms with E-state index in [1.807, 2.05) is 35.2 Å². The molecule has 2 unspecified atom stereocenters. The molecular weight excluding hydrogens is 314 g/mol. The second-order valence-electron chi connectivity index (χ2n) is 6.07. The van der Waals surface area contributed by atoms with Gasteiger partial charge in [-0.05, 0) is 24.9 Å². The van der Waals surface area contributed by atoms with Crippen molar-refractivity contribution in [2.75, 3.05) is 19.6 Å². The van der Waals surface area contributed by atoms with Crippen LogP contribution in [-0.2, 0) is 9.59 Å². The SMILES string of the molecule is Cl.O=C1CC(c2ccccc2)N(C(=O)CC2CCCN2)CCN1. The average molecular weight is 338 g/mol. The first kappa shape index (κ1) is 17.8. The van der Waals surface area contributed by atoms with Gasteiger partial charge in [0.1, 0.15) is 0 Å². The lowest BCUT2D eigenvalue weighted by atomic mass is 10.0. The van der Waals surface area contributed by atoms with E-state index >= 15 is 0 Å². The van der Waals surface area contributed by atoms with Crippen LogP contribution < -0.4 is 10.6 Å². The van der Waals surface area contributed by atoms with E-state index in [9.17, 15) is 9.59 Å². The molecule has 0 spiro atoms. The number of nitrogens with zero attached hydrogens (tertiary/aromatic N) is 1. The maximum atomic E-state index is 12.7. The van der Waals surface area contributed by atoms with Gasteiger partial charge in [0.15, 0.2) is 0 Å². The predicted octanol–water partition coefficient (Wildman–Crippen LogP) is 1.64. The molecule has 2 saturated heterocycles. The first-order valence-electron chi connectivity index (χ1n) is 8.08. The van der Waals surface area contributed by atoms with E-state index in [1.54, 1.807) is 0 Å². The van der Waals surface area contributed by atoms with Gasteiger partial charge >= 0.3 is 0 Å². The van der Waals surface area contributed by atoms with Gasteiger partial charge in [-0.2, -0.15) is 0 Å². The molecule has 1 aromatic carbocycles. The highest BCUT2D eigenvalue weighted by atomic mass is 35.5. The van der Waals surface area contributed by atoms with Crippen molar-refractivity contribution in [1.82, 2.24) is 15.5 Å². The number of amides is 2. The Morgan fingerprint density at radius 2 is 2.00 bits per heavy atom.